The molecule has 0 spiro atoms. The van der Waals surface area contributed by atoms with Crippen LogP contribution in [0.2, 0.25) is 0 Å². The van der Waals surface area contributed by atoms with Crippen molar-refractivity contribution in [3.8, 4) is 0 Å². The lowest BCUT2D eigenvalue weighted by atomic mass is 9.89. The first-order valence-corrected chi connectivity index (χ1v) is 5.99. The maximum absolute atomic E-state index is 13.3. The molecule has 0 aromatic heterocycles. The van der Waals surface area contributed by atoms with Gasteiger partial charge in [0.25, 0.3) is 0 Å². The van der Waals surface area contributed by atoms with Crippen LogP contribution in [0.1, 0.15) is 12.8 Å². The number of amides is 1. The minimum Gasteiger partial charge on any atom is -0.381 e. The first-order chi connectivity index (χ1) is 8.69. The molecule has 1 aromatic carbocycles. The van der Waals surface area contributed by atoms with Crippen LogP contribution in [0.4, 0.5) is 10.1 Å². The molecule has 0 radical (unpaired) electrons. The Morgan fingerprint density at radius 2 is 2.17 bits per heavy atom. The van der Waals surface area contributed by atoms with E-state index in [9.17, 15) is 9.18 Å². The first-order valence-electron chi connectivity index (χ1n) is 5.99. The molecular weight excluding hydrogens is 235 g/mol. The van der Waals surface area contributed by atoms with Crippen molar-refractivity contribution < 1.29 is 13.9 Å². The van der Waals surface area contributed by atoms with E-state index in [1.54, 1.807) is 19.2 Å². The number of hydrogen-bond donors (Lipinski definition) is 2. The smallest absolute Gasteiger partial charge is 0.238 e. The summed E-state index contributed by atoms with van der Waals surface area (Å²) < 4.78 is 18.4. The molecule has 1 saturated carbocycles. The highest BCUT2D eigenvalue weighted by molar-refractivity contribution is 5.92. The Hall–Kier alpha value is -1.46. The van der Waals surface area contributed by atoms with Crippen molar-refractivity contribution >= 4 is 11.6 Å². The van der Waals surface area contributed by atoms with Gasteiger partial charge in [-0.1, -0.05) is 12.1 Å². The highest BCUT2D eigenvalue weighted by Crippen LogP contribution is 2.22. The number of ether oxygens (including phenoxy) is 1. The van der Waals surface area contributed by atoms with Gasteiger partial charge in [0.1, 0.15) is 5.82 Å². The number of nitrogens with one attached hydrogen (secondary N) is 2. The topological polar surface area (TPSA) is 50.4 Å². The molecule has 0 aliphatic heterocycles. The van der Waals surface area contributed by atoms with Gasteiger partial charge < -0.3 is 15.4 Å². The summed E-state index contributed by atoms with van der Waals surface area (Å²) in [6.45, 7) is 0.190. The van der Waals surface area contributed by atoms with Crippen LogP contribution in [-0.2, 0) is 9.53 Å². The Labute approximate surface area is 106 Å². The minimum atomic E-state index is -0.422. The molecule has 0 unspecified atom stereocenters. The second-order valence-corrected chi connectivity index (χ2v) is 4.43. The molecule has 1 aliphatic carbocycles. The van der Waals surface area contributed by atoms with E-state index in [0.717, 1.165) is 12.8 Å². The van der Waals surface area contributed by atoms with Gasteiger partial charge in [0.2, 0.25) is 5.91 Å². The van der Waals surface area contributed by atoms with E-state index in [1.165, 1.54) is 12.1 Å². The first kappa shape index (κ1) is 13.0. The fraction of sp³-hybridized carbons (Fsp3) is 0.462. The number of carbonyl (C=O) groups is 1. The average molecular weight is 252 g/mol. The van der Waals surface area contributed by atoms with Crippen LogP contribution in [0.5, 0.6) is 0 Å². The maximum atomic E-state index is 13.3. The van der Waals surface area contributed by atoms with E-state index in [4.69, 9.17) is 4.74 Å². The van der Waals surface area contributed by atoms with E-state index in [2.05, 4.69) is 10.6 Å². The van der Waals surface area contributed by atoms with Gasteiger partial charge in [-0.05, 0) is 25.0 Å². The van der Waals surface area contributed by atoms with E-state index in [1.807, 2.05) is 0 Å². The van der Waals surface area contributed by atoms with E-state index < -0.39 is 5.82 Å². The molecule has 2 N–H and O–H groups in total. The highest BCUT2D eigenvalue weighted by atomic mass is 19.1. The molecule has 0 heterocycles. The molecule has 1 fully saturated rings. The summed E-state index contributed by atoms with van der Waals surface area (Å²) in [5.41, 5.74) is 0.215. The third-order valence-corrected chi connectivity index (χ3v) is 3.13. The number of carbonyl (C=O) groups excluding carboxylic acids is 1. The number of benzene rings is 1. The molecule has 5 heteroatoms. The average Bonchev–Trinajstić information content (AvgIpc) is 2.30. The number of methoxy groups -OCH3 is 1. The van der Waals surface area contributed by atoms with Gasteiger partial charge >= 0.3 is 0 Å². The second-order valence-electron chi connectivity index (χ2n) is 4.43. The summed E-state index contributed by atoms with van der Waals surface area (Å²) in [5, 5.41) is 5.64. The Kier molecular flexibility index (Phi) is 4.28. The molecule has 98 valence electrons. The van der Waals surface area contributed by atoms with E-state index in [-0.39, 0.29) is 18.1 Å². The lowest BCUT2D eigenvalue weighted by molar-refractivity contribution is -0.115. The predicted molar refractivity (Wildman–Crippen MR) is 66.9 cm³/mol. The summed E-state index contributed by atoms with van der Waals surface area (Å²) in [5.74, 6) is -0.657. The summed E-state index contributed by atoms with van der Waals surface area (Å²) in [6.07, 6.45) is 2.14. The Morgan fingerprint density at radius 3 is 2.83 bits per heavy atom. The van der Waals surface area contributed by atoms with Gasteiger partial charge in [-0.15, -0.1) is 0 Å². The van der Waals surface area contributed by atoms with Gasteiger partial charge in [-0.3, -0.25) is 4.79 Å². The van der Waals surface area contributed by atoms with Crippen molar-refractivity contribution in [2.24, 2.45) is 0 Å². The predicted octanol–water partition coefficient (Wildman–Crippen LogP) is 1.53. The van der Waals surface area contributed by atoms with Crippen LogP contribution in [0.3, 0.4) is 0 Å². The zero-order chi connectivity index (χ0) is 13.0. The molecule has 18 heavy (non-hydrogen) atoms. The summed E-state index contributed by atoms with van der Waals surface area (Å²) in [4.78, 5) is 11.6. The number of rotatable bonds is 5. The van der Waals surface area contributed by atoms with Gasteiger partial charge in [-0.2, -0.15) is 0 Å². The Balaban J connectivity index is 1.71. The fourth-order valence-electron chi connectivity index (χ4n) is 1.92. The zero-order valence-electron chi connectivity index (χ0n) is 10.3. The Bertz CT molecular complexity index is 419. The van der Waals surface area contributed by atoms with E-state index >= 15 is 0 Å². The molecule has 1 aromatic rings. The van der Waals surface area contributed by atoms with Crippen LogP contribution in [0.25, 0.3) is 0 Å². The second kappa shape index (κ2) is 5.93. The van der Waals surface area contributed by atoms with Crippen LogP contribution >= 0.6 is 0 Å². The SMILES string of the molecule is COC1CC(NCC(=O)Nc2ccccc2F)C1. The standard InChI is InChI=1S/C13H17FN2O2/c1-18-10-6-9(7-10)15-8-13(17)16-12-5-3-2-4-11(12)14/h2-5,9-10,15H,6-8H2,1H3,(H,16,17). The van der Waals surface area contributed by atoms with Gasteiger partial charge in [0.15, 0.2) is 0 Å². The third kappa shape index (κ3) is 3.27. The van der Waals surface area contributed by atoms with Crippen molar-refractivity contribution in [2.45, 2.75) is 25.0 Å². The van der Waals surface area contributed by atoms with Crippen molar-refractivity contribution in [1.29, 1.82) is 0 Å². The van der Waals surface area contributed by atoms with Crippen LogP contribution in [0.15, 0.2) is 24.3 Å². The van der Waals surface area contributed by atoms with Crippen LogP contribution in [0, 0.1) is 5.82 Å². The minimum absolute atomic E-state index is 0.190. The molecule has 0 atom stereocenters. The summed E-state index contributed by atoms with van der Waals surface area (Å²) in [6, 6.07) is 6.45. The normalized spacial score (nSPS) is 22.3. The lowest BCUT2D eigenvalue weighted by Crippen LogP contribution is -2.47. The summed E-state index contributed by atoms with van der Waals surface area (Å²) in [7, 11) is 1.69. The zero-order valence-corrected chi connectivity index (χ0v) is 10.3. The summed E-state index contributed by atoms with van der Waals surface area (Å²) >= 11 is 0. The highest BCUT2D eigenvalue weighted by Gasteiger charge is 2.28. The number of para-hydroxylation sites is 1. The van der Waals surface area contributed by atoms with Crippen molar-refractivity contribution in [3.63, 3.8) is 0 Å². The molecule has 2 rings (SSSR count). The largest absolute Gasteiger partial charge is 0.381 e. The number of anilines is 1. The molecule has 0 saturated heterocycles. The van der Waals surface area contributed by atoms with Crippen LogP contribution < -0.4 is 10.6 Å². The molecule has 4 nitrogen and oxygen atoms in total. The van der Waals surface area contributed by atoms with Gasteiger partial charge in [0, 0.05) is 13.2 Å². The van der Waals surface area contributed by atoms with Crippen molar-refractivity contribution in [3.05, 3.63) is 30.1 Å². The lowest BCUT2D eigenvalue weighted by Gasteiger charge is -2.34. The Morgan fingerprint density at radius 1 is 1.44 bits per heavy atom. The monoisotopic (exact) mass is 252 g/mol. The van der Waals surface area contributed by atoms with Crippen LogP contribution in [-0.4, -0.2) is 31.7 Å². The molecule has 1 aliphatic rings. The quantitative estimate of drug-likeness (QED) is 0.835. The number of hydrogen-bond acceptors (Lipinski definition) is 3. The van der Waals surface area contributed by atoms with Crippen molar-refractivity contribution in [2.75, 3.05) is 19.0 Å². The molecule has 0 bridgehead atoms. The molecule has 1 amide bonds. The van der Waals surface area contributed by atoms with Crippen molar-refractivity contribution in [1.82, 2.24) is 5.32 Å². The molecular formula is C13H17FN2O2. The third-order valence-electron chi connectivity index (χ3n) is 3.13. The maximum Gasteiger partial charge on any atom is 0.238 e. The van der Waals surface area contributed by atoms with Gasteiger partial charge in [-0.25, -0.2) is 4.39 Å². The van der Waals surface area contributed by atoms with E-state index in [0.29, 0.717) is 12.1 Å². The van der Waals surface area contributed by atoms with Gasteiger partial charge in [0.05, 0.1) is 18.3 Å². The fourth-order valence-corrected chi connectivity index (χ4v) is 1.92. The number of halogens is 1.